The van der Waals surface area contributed by atoms with E-state index in [-0.39, 0.29) is 5.75 Å². The lowest BCUT2D eigenvalue weighted by atomic mass is 10.4. The van der Waals surface area contributed by atoms with E-state index in [1.54, 1.807) is 0 Å². The SMILES string of the molecule is Fc1cc(OCC(F)F)cc(F)n1. The normalized spacial score (nSPS) is 10.5. The Labute approximate surface area is 71.2 Å². The molecule has 0 aliphatic heterocycles. The van der Waals surface area contributed by atoms with Gasteiger partial charge < -0.3 is 4.74 Å². The zero-order valence-corrected chi connectivity index (χ0v) is 6.31. The molecule has 0 bridgehead atoms. The first-order chi connectivity index (χ1) is 6.08. The van der Waals surface area contributed by atoms with Crippen LogP contribution in [0.4, 0.5) is 17.6 Å². The molecule has 0 spiro atoms. The van der Waals surface area contributed by atoms with Gasteiger partial charge in [-0.25, -0.2) is 8.78 Å². The number of nitrogens with zero attached hydrogens (tertiary/aromatic N) is 1. The number of halogens is 4. The maximum Gasteiger partial charge on any atom is 0.272 e. The fraction of sp³-hybridized carbons (Fsp3) is 0.286. The maximum absolute atomic E-state index is 12.3. The van der Waals surface area contributed by atoms with Crippen molar-refractivity contribution >= 4 is 0 Å². The van der Waals surface area contributed by atoms with Crippen LogP contribution < -0.4 is 4.74 Å². The van der Waals surface area contributed by atoms with E-state index in [0.717, 1.165) is 12.1 Å². The summed E-state index contributed by atoms with van der Waals surface area (Å²) in [5.41, 5.74) is 0. The Bertz CT molecular complexity index is 272. The van der Waals surface area contributed by atoms with Gasteiger partial charge in [0.1, 0.15) is 12.4 Å². The maximum atomic E-state index is 12.3. The van der Waals surface area contributed by atoms with Gasteiger partial charge in [0.2, 0.25) is 11.9 Å². The van der Waals surface area contributed by atoms with Crippen LogP contribution in [0.15, 0.2) is 12.1 Å². The van der Waals surface area contributed by atoms with Crippen molar-refractivity contribution in [3.05, 3.63) is 24.0 Å². The van der Waals surface area contributed by atoms with Gasteiger partial charge in [-0.15, -0.1) is 0 Å². The van der Waals surface area contributed by atoms with E-state index in [2.05, 4.69) is 9.72 Å². The average Bonchev–Trinajstić information content (AvgIpc) is 1.99. The van der Waals surface area contributed by atoms with Crippen LogP contribution in [0, 0.1) is 11.9 Å². The van der Waals surface area contributed by atoms with Crippen molar-refractivity contribution in [2.45, 2.75) is 6.43 Å². The molecule has 0 N–H and O–H groups in total. The van der Waals surface area contributed by atoms with E-state index in [4.69, 9.17) is 0 Å². The quantitative estimate of drug-likeness (QED) is 0.543. The summed E-state index contributed by atoms with van der Waals surface area (Å²) in [5.74, 6) is -2.51. The Morgan fingerprint density at radius 2 is 1.77 bits per heavy atom. The van der Waals surface area contributed by atoms with Crippen LogP contribution in [0.25, 0.3) is 0 Å². The predicted octanol–water partition coefficient (Wildman–Crippen LogP) is 2.00. The fourth-order valence-electron chi connectivity index (χ4n) is 0.686. The third-order valence-electron chi connectivity index (χ3n) is 1.11. The lowest BCUT2D eigenvalue weighted by molar-refractivity contribution is 0.0814. The third-order valence-corrected chi connectivity index (χ3v) is 1.11. The first kappa shape index (κ1) is 9.76. The van der Waals surface area contributed by atoms with Crippen LogP contribution in [-0.4, -0.2) is 18.0 Å². The van der Waals surface area contributed by atoms with E-state index in [0.29, 0.717) is 0 Å². The third kappa shape index (κ3) is 3.27. The molecule has 0 radical (unpaired) electrons. The number of hydrogen-bond donors (Lipinski definition) is 0. The molecule has 0 amide bonds. The molecule has 1 aromatic rings. The van der Waals surface area contributed by atoms with Crippen LogP contribution in [0.5, 0.6) is 5.75 Å². The molecule has 1 rings (SSSR count). The summed E-state index contributed by atoms with van der Waals surface area (Å²) in [6, 6.07) is 1.46. The summed E-state index contributed by atoms with van der Waals surface area (Å²) in [4.78, 5) is 2.76. The molecule has 0 fully saturated rings. The number of rotatable bonds is 3. The molecule has 0 saturated heterocycles. The number of alkyl halides is 2. The molecule has 6 heteroatoms. The van der Waals surface area contributed by atoms with Crippen LogP contribution in [0.2, 0.25) is 0 Å². The lowest BCUT2D eigenvalue weighted by Crippen LogP contribution is -2.07. The van der Waals surface area contributed by atoms with E-state index >= 15 is 0 Å². The Balaban J connectivity index is 2.66. The van der Waals surface area contributed by atoms with Gasteiger partial charge in [0.25, 0.3) is 6.43 Å². The predicted molar refractivity (Wildman–Crippen MR) is 35.7 cm³/mol. The van der Waals surface area contributed by atoms with Gasteiger partial charge in [-0.05, 0) is 0 Å². The van der Waals surface area contributed by atoms with Crippen molar-refractivity contribution in [2.24, 2.45) is 0 Å². The molecule has 0 unspecified atom stereocenters. The zero-order chi connectivity index (χ0) is 9.84. The molecule has 1 aromatic heterocycles. The first-order valence-corrected chi connectivity index (χ1v) is 3.32. The molecule has 1 heterocycles. The Hall–Kier alpha value is -1.33. The van der Waals surface area contributed by atoms with Crippen molar-refractivity contribution in [1.82, 2.24) is 4.98 Å². The summed E-state index contributed by atoms with van der Waals surface area (Å²) in [7, 11) is 0. The minimum atomic E-state index is -2.68. The molecule has 0 aliphatic rings. The Morgan fingerprint density at radius 3 is 2.23 bits per heavy atom. The number of pyridine rings is 1. The first-order valence-electron chi connectivity index (χ1n) is 3.32. The van der Waals surface area contributed by atoms with Crippen LogP contribution >= 0.6 is 0 Å². The molecule has 0 aliphatic carbocycles. The highest BCUT2D eigenvalue weighted by molar-refractivity contribution is 5.18. The lowest BCUT2D eigenvalue weighted by Gasteiger charge is -2.04. The molecule has 0 atom stereocenters. The Morgan fingerprint density at radius 1 is 1.23 bits per heavy atom. The van der Waals surface area contributed by atoms with Crippen molar-refractivity contribution in [1.29, 1.82) is 0 Å². The summed E-state index contributed by atoms with van der Waals surface area (Å²) in [6.45, 7) is -0.900. The summed E-state index contributed by atoms with van der Waals surface area (Å²) < 4.78 is 52.2. The largest absolute Gasteiger partial charge is 0.487 e. The van der Waals surface area contributed by atoms with Crippen LogP contribution in [-0.2, 0) is 0 Å². The van der Waals surface area contributed by atoms with Gasteiger partial charge in [-0.1, -0.05) is 0 Å². The minimum absolute atomic E-state index is 0.301. The summed E-state index contributed by atoms with van der Waals surface area (Å²) in [5, 5.41) is 0. The summed E-state index contributed by atoms with van der Waals surface area (Å²) in [6.07, 6.45) is -2.68. The van der Waals surface area contributed by atoms with Crippen molar-refractivity contribution in [2.75, 3.05) is 6.61 Å². The van der Waals surface area contributed by atoms with E-state index in [9.17, 15) is 17.6 Å². The van der Waals surface area contributed by atoms with E-state index in [1.165, 1.54) is 0 Å². The van der Waals surface area contributed by atoms with Crippen LogP contribution in [0.1, 0.15) is 0 Å². The van der Waals surface area contributed by atoms with Crippen LogP contribution in [0.3, 0.4) is 0 Å². The second-order valence-electron chi connectivity index (χ2n) is 2.15. The second-order valence-corrected chi connectivity index (χ2v) is 2.15. The van der Waals surface area contributed by atoms with E-state index < -0.39 is 24.9 Å². The molecular formula is C7H5F4NO. The highest BCUT2D eigenvalue weighted by atomic mass is 19.3. The smallest absolute Gasteiger partial charge is 0.272 e. The van der Waals surface area contributed by atoms with Crippen molar-refractivity contribution in [3.63, 3.8) is 0 Å². The van der Waals surface area contributed by atoms with Gasteiger partial charge in [0, 0.05) is 12.1 Å². The van der Waals surface area contributed by atoms with Gasteiger partial charge in [0.15, 0.2) is 0 Å². The van der Waals surface area contributed by atoms with Gasteiger partial charge in [-0.3, -0.25) is 0 Å². The molecular weight excluding hydrogens is 190 g/mol. The monoisotopic (exact) mass is 195 g/mol. The fourth-order valence-corrected chi connectivity index (χ4v) is 0.686. The van der Waals surface area contributed by atoms with Gasteiger partial charge in [0.05, 0.1) is 0 Å². The number of hydrogen-bond acceptors (Lipinski definition) is 2. The standard InChI is InChI=1S/C7H5F4NO/c8-5(9)3-13-4-1-6(10)12-7(11)2-4/h1-2,5H,3H2. The van der Waals surface area contributed by atoms with E-state index in [1.807, 2.05) is 0 Å². The molecule has 0 aromatic carbocycles. The van der Waals surface area contributed by atoms with Gasteiger partial charge in [-0.2, -0.15) is 13.8 Å². The topological polar surface area (TPSA) is 22.1 Å². The second kappa shape index (κ2) is 4.06. The zero-order valence-electron chi connectivity index (χ0n) is 6.31. The average molecular weight is 195 g/mol. The minimum Gasteiger partial charge on any atom is -0.487 e. The molecule has 72 valence electrons. The molecule has 2 nitrogen and oxygen atoms in total. The van der Waals surface area contributed by atoms with Crippen molar-refractivity contribution < 1.29 is 22.3 Å². The highest BCUT2D eigenvalue weighted by Crippen LogP contribution is 2.13. The van der Waals surface area contributed by atoms with Gasteiger partial charge >= 0.3 is 0 Å². The van der Waals surface area contributed by atoms with Crippen molar-refractivity contribution in [3.8, 4) is 5.75 Å². The molecule has 0 saturated carbocycles. The number of ether oxygens (including phenoxy) is 1. The highest BCUT2D eigenvalue weighted by Gasteiger charge is 2.06. The Kier molecular flexibility index (Phi) is 3.05. The molecule has 13 heavy (non-hydrogen) atoms. The summed E-state index contributed by atoms with van der Waals surface area (Å²) >= 11 is 0. The number of aromatic nitrogens is 1.